The second kappa shape index (κ2) is 13.9. The van der Waals surface area contributed by atoms with E-state index in [-0.39, 0.29) is 18.2 Å². The van der Waals surface area contributed by atoms with Crippen LogP contribution in [0.3, 0.4) is 0 Å². The van der Waals surface area contributed by atoms with Gasteiger partial charge in [0.1, 0.15) is 0 Å². The molecular weight excluding hydrogens is 488 g/mol. The summed E-state index contributed by atoms with van der Waals surface area (Å²) in [6.45, 7) is 1.95. The number of anilines is 1. The van der Waals surface area contributed by atoms with Crippen molar-refractivity contribution in [2.24, 2.45) is 5.92 Å². The average molecular weight is 529 g/mol. The lowest BCUT2D eigenvalue weighted by atomic mass is 9.99. The van der Waals surface area contributed by atoms with Crippen molar-refractivity contribution in [2.45, 2.75) is 38.0 Å². The maximum atomic E-state index is 13.3. The third kappa shape index (κ3) is 8.40. The highest BCUT2D eigenvalue weighted by atomic mass is 16.3. The third-order valence-electron chi connectivity index (χ3n) is 7.30. The van der Waals surface area contributed by atoms with E-state index in [0.717, 1.165) is 23.2 Å². The van der Waals surface area contributed by atoms with Crippen molar-refractivity contribution in [3.8, 4) is 0 Å². The lowest BCUT2D eigenvalue weighted by Gasteiger charge is -2.26. The molecule has 1 heterocycles. The molecule has 7 nitrogen and oxygen atoms in total. The molecule has 1 aliphatic rings. The van der Waals surface area contributed by atoms with E-state index in [4.69, 9.17) is 0 Å². The van der Waals surface area contributed by atoms with Crippen LogP contribution < -0.4 is 15.5 Å². The summed E-state index contributed by atoms with van der Waals surface area (Å²) in [7, 11) is 4.02. The third-order valence-corrected chi connectivity index (χ3v) is 7.30. The summed E-state index contributed by atoms with van der Waals surface area (Å²) in [6, 6.07) is 27.7. The van der Waals surface area contributed by atoms with E-state index in [1.807, 2.05) is 80.8 Å². The number of benzene rings is 3. The first kappa shape index (κ1) is 28.3. The summed E-state index contributed by atoms with van der Waals surface area (Å²) >= 11 is 0. The van der Waals surface area contributed by atoms with E-state index in [1.165, 1.54) is 5.56 Å². The number of hydrogen-bond acceptors (Lipinski definition) is 5. The number of nitrogens with one attached hydrogen (secondary N) is 2. The van der Waals surface area contributed by atoms with Gasteiger partial charge in [0.2, 0.25) is 11.8 Å². The number of carbonyl (C=O) groups excluding carboxylic acids is 2. The highest BCUT2D eigenvalue weighted by Gasteiger charge is 2.35. The average Bonchev–Trinajstić information content (AvgIpc) is 3.33. The molecule has 0 bridgehead atoms. The Morgan fingerprint density at radius 1 is 0.974 bits per heavy atom. The van der Waals surface area contributed by atoms with Crippen molar-refractivity contribution in [1.29, 1.82) is 0 Å². The number of rotatable bonds is 13. The molecular formula is C32H40N4O3. The zero-order valence-electron chi connectivity index (χ0n) is 22.9. The molecule has 1 fully saturated rings. The van der Waals surface area contributed by atoms with Crippen molar-refractivity contribution >= 4 is 17.5 Å². The molecule has 1 saturated heterocycles. The highest BCUT2D eigenvalue weighted by Crippen LogP contribution is 2.20. The van der Waals surface area contributed by atoms with Crippen LogP contribution in [0.15, 0.2) is 84.9 Å². The maximum Gasteiger partial charge on any atom is 0.225 e. The minimum Gasteiger partial charge on any atom is -0.390 e. The molecule has 3 N–H and O–H groups in total. The number of likely N-dealkylation sites (tertiary alicyclic amines) is 1. The largest absolute Gasteiger partial charge is 0.390 e. The quantitative estimate of drug-likeness (QED) is 0.318. The normalized spacial score (nSPS) is 16.6. The summed E-state index contributed by atoms with van der Waals surface area (Å²) in [6.07, 6.45) is 0.677. The van der Waals surface area contributed by atoms with E-state index in [9.17, 15) is 14.7 Å². The predicted octanol–water partition coefficient (Wildman–Crippen LogP) is 3.02. The topological polar surface area (TPSA) is 84.9 Å². The maximum absolute atomic E-state index is 13.3. The van der Waals surface area contributed by atoms with Crippen molar-refractivity contribution in [3.05, 3.63) is 102 Å². The summed E-state index contributed by atoms with van der Waals surface area (Å²) < 4.78 is 0. The minimum atomic E-state index is -0.794. The smallest absolute Gasteiger partial charge is 0.225 e. The van der Waals surface area contributed by atoms with E-state index >= 15 is 0 Å². The van der Waals surface area contributed by atoms with Gasteiger partial charge in [0.05, 0.1) is 18.1 Å². The molecule has 0 aliphatic carbocycles. The number of aliphatic hydroxyl groups excluding tert-OH is 1. The van der Waals surface area contributed by atoms with Gasteiger partial charge in [-0.05, 0) is 41.7 Å². The molecule has 39 heavy (non-hydrogen) atoms. The van der Waals surface area contributed by atoms with Crippen LogP contribution in [0.2, 0.25) is 0 Å². The van der Waals surface area contributed by atoms with Gasteiger partial charge in [-0.3, -0.25) is 9.59 Å². The van der Waals surface area contributed by atoms with Gasteiger partial charge < -0.3 is 25.5 Å². The van der Waals surface area contributed by atoms with Crippen molar-refractivity contribution in [2.75, 3.05) is 38.6 Å². The second-order valence-electron chi connectivity index (χ2n) is 10.5. The summed E-state index contributed by atoms with van der Waals surface area (Å²) in [5.74, 6) is -0.586. The van der Waals surface area contributed by atoms with Crippen LogP contribution in [0.25, 0.3) is 0 Å². The zero-order chi connectivity index (χ0) is 27.6. The SMILES string of the molecule is CN(C)c1cccc(CNC[C@@H](O)[C@H](Cc2ccccc2)NC(=O)[C@H]2CC(=O)N(CCc3ccccc3)C2)c1. The number of hydrogen-bond donors (Lipinski definition) is 3. The fourth-order valence-corrected chi connectivity index (χ4v) is 4.98. The van der Waals surface area contributed by atoms with Gasteiger partial charge in [-0.25, -0.2) is 0 Å². The molecule has 3 aromatic carbocycles. The monoisotopic (exact) mass is 528 g/mol. The molecule has 1 aliphatic heterocycles. The van der Waals surface area contributed by atoms with Crippen LogP contribution in [-0.4, -0.2) is 67.7 Å². The first-order valence-electron chi connectivity index (χ1n) is 13.7. The summed E-state index contributed by atoms with van der Waals surface area (Å²) in [5, 5.41) is 17.6. The Labute approximate surface area is 231 Å². The Kier molecular flexibility index (Phi) is 10.1. The van der Waals surface area contributed by atoms with Crippen molar-refractivity contribution in [3.63, 3.8) is 0 Å². The van der Waals surface area contributed by atoms with Crippen LogP contribution in [0, 0.1) is 5.92 Å². The summed E-state index contributed by atoms with van der Waals surface area (Å²) in [5.41, 5.74) is 4.45. The fourth-order valence-electron chi connectivity index (χ4n) is 4.98. The Balaban J connectivity index is 1.34. The second-order valence-corrected chi connectivity index (χ2v) is 10.5. The van der Waals surface area contributed by atoms with Gasteiger partial charge in [-0.2, -0.15) is 0 Å². The number of amides is 2. The molecule has 206 valence electrons. The molecule has 3 atom stereocenters. The lowest BCUT2D eigenvalue weighted by Crippen LogP contribution is -2.50. The lowest BCUT2D eigenvalue weighted by molar-refractivity contribution is -0.129. The van der Waals surface area contributed by atoms with Gasteiger partial charge in [-0.15, -0.1) is 0 Å². The Hall–Kier alpha value is -3.68. The van der Waals surface area contributed by atoms with Crippen LogP contribution in [0.4, 0.5) is 5.69 Å². The molecule has 0 unspecified atom stereocenters. The van der Waals surface area contributed by atoms with Crippen LogP contribution in [0.5, 0.6) is 0 Å². The molecule has 2 amide bonds. The molecule has 3 aromatic rings. The first-order valence-corrected chi connectivity index (χ1v) is 13.7. The predicted molar refractivity (Wildman–Crippen MR) is 155 cm³/mol. The van der Waals surface area contributed by atoms with Gasteiger partial charge in [0, 0.05) is 52.4 Å². The number of aliphatic hydroxyl groups is 1. The standard InChI is InChI=1S/C32H40N4O3/c1-35(2)28-15-9-14-26(18-28)21-33-22-30(37)29(19-25-12-7-4-8-13-25)34-32(39)27-20-31(38)36(23-27)17-16-24-10-5-3-6-11-24/h3-15,18,27,29-30,33,37H,16-17,19-23H2,1-2H3,(H,34,39)/t27-,29-,30+/m0/s1. The Bertz CT molecular complexity index is 1200. The van der Waals surface area contributed by atoms with E-state index < -0.39 is 18.1 Å². The zero-order valence-corrected chi connectivity index (χ0v) is 22.9. The van der Waals surface area contributed by atoms with Crippen LogP contribution in [-0.2, 0) is 29.0 Å². The van der Waals surface area contributed by atoms with Gasteiger partial charge in [0.25, 0.3) is 0 Å². The van der Waals surface area contributed by atoms with Crippen LogP contribution in [0.1, 0.15) is 23.1 Å². The van der Waals surface area contributed by atoms with Crippen molar-refractivity contribution < 1.29 is 14.7 Å². The van der Waals surface area contributed by atoms with Gasteiger partial charge in [-0.1, -0.05) is 72.8 Å². The van der Waals surface area contributed by atoms with Crippen molar-refractivity contribution in [1.82, 2.24) is 15.5 Å². The van der Waals surface area contributed by atoms with E-state index in [1.54, 1.807) is 4.90 Å². The van der Waals surface area contributed by atoms with E-state index in [0.29, 0.717) is 32.6 Å². The molecule has 0 aromatic heterocycles. The van der Waals surface area contributed by atoms with Gasteiger partial charge in [0.15, 0.2) is 0 Å². The molecule has 0 radical (unpaired) electrons. The first-order chi connectivity index (χ1) is 18.9. The Morgan fingerprint density at radius 3 is 2.33 bits per heavy atom. The summed E-state index contributed by atoms with van der Waals surface area (Å²) in [4.78, 5) is 29.8. The highest BCUT2D eigenvalue weighted by molar-refractivity contribution is 5.89. The molecule has 0 saturated carbocycles. The molecule has 0 spiro atoms. The number of carbonyl (C=O) groups is 2. The van der Waals surface area contributed by atoms with E-state index in [2.05, 4.69) is 33.7 Å². The molecule has 7 heteroatoms. The molecule has 4 rings (SSSR count). The number of nitrogens with zero attached hydrogens (tertiary/aromatic N) is 2. The fraction of sp³-hybridized carbons (Fsp3) is 0.375. The minimum absolute atomic E-state index is 0.00728. The Morgan fingerprint density at radius 2 is 1.64 bits per heavy atom. The van der Waals surface area contributed by atoms with Gasteiger partial charge >= 0.3 is 0 Å². The van der Waals surface area contributed by atoms with Crippen LogP contribution >= 0.6 is 0 Å².